The highest BCUT2D eigenvalue weighted by atomic mass is 19.1. The fourth-order valence-electron chi connectivity index (χ4n) is 2.72. The first-order chi connectivity index (χ1) is 9.67. The van der Waals surface area contributed by atoms with Crippen LogP contribution < -0.4 is 10.5 Å². The first-order valence-electron chi connectivity index (χ1n) is 7.02. The standard InChI is InChI=1S/C15H21FN2O2/c1-20-14-10-11(6-7-13(14)16)15(19)18-9-3-5-12(18)4-2-8-17/h6-7,10,12H,2-5,8-9,17H2,1H3. The quantitative estimate of drug-likeness (QED) is 0.899. The zero-order valence-corrected chi connectivity index (χ0v) is 11.8. The van der Waals surface area contributed by atoms with Gasteiger partial charge in [0.05, 0.1) is 7.11 Å². The zero-order chi connectivity index (χ0) is 14.5. The number of hydrogen-bond donors (Lipinski definition) is 1. The van der Waals surface area contributed by atoms with E-state index in [1.807, 2.05) is 4.90 Å². The number of nitrogens with two attached hydrogens (primary N) is 1. The van der Waals surface area contributed by atoms with E-state index in [-0.39, 0.29) is 17.7 Å². The molecule has 0 radical (unpaired) electrons. The molecule has 1 atom stereocenters. The van der Waals surface area contributed by atoms with Gasteiger partial charge in [0, 0.05) is 18.2 Å². The number of rotatable bonds is 5. The van der Waals surface area contributed by atoms with Gasteiger partial charge in [-0.15, -0.1) is 0 Å². The summed E-state index contributed by atoms with van der Waals surface area (Å²) in [5.74, 6) is -0.401. The number of nitrogens with zero attached hydrogens (tertiary/aromatic N) is 1. The molecule has 2 rings (SSSR count). The van der Waals surface area contributed by atoms with Crippen molar-refractivity contribution in [3.8, 4) is 5.75 Å². The van der Waals surface area contributed by atoms with Crippen LogP contribution in [0.1, 0.15) is 36.0 Å². The van der Waals surface area contributed by atoms with Crippen molar-refractivity contribution in [3.63, 3.8) is 0 Å². The fraction of sp³-hybridized carbons (Fsp3) is 0.533. The van der Waals surface area contributed by atoms with E-state index in [0.717, 1.165) is 32.2 Å². The Morgan fingerprint density at radius 1 is 1.55 bits per heavy atom. The maximum absolute atomic E-state index is 13.4. The molecule has 20 heavy (non-hydrogen) atoms. The van der Waals surface area contributed by atoms with Crippen LogP contribution >= 0.6 is 0 Å². The predicted molar refractivity (Wildman–Crippen MR) is 75.3 cm³/mol. The van der Waals surface area contributed by atoms with Crippen LogP contribution in [-0.4, -0.2) is 37.0 Å². The van der Waals surface area contributed by atoms with Crippen LogP contribution in [-0.2, 0) is 0 Å². The van der Waals surface area contributed by atoms with E-state index in [1.54, 1.807) is 0 Å². The molecule has 0 spiro atoms. The Balaban J connectivity index is 2.13. The monoisotopic (exact) mass is 280 g/mol. The van der Waals surface area contributed by atoms with Crippen LogP contribution in [0.5, 0.6) is 5.75 Å². The summed E-state index contributed by atoms with van der Waals surface area (Å²) in [7, 11) is 1.40. The summed E-state index contributed by atoms with van der Waals surface area (Å²) < 4.78 is 18.3. The number of benzene rings is 1. The summed E-state index contributed by atoms with van der Waals surface area (Å²) in [6.45, 7) is 1.40. The van der Waals surface area contributed by atoms with Crippen LogP contribution in [0.25, 0.3) is 0 Å². The molecule has 1 heterocycles. The van der Waals surface area contributed by atoms with E-state index in [9.17, 15) is 9.18 Å². The van der Waals surface area contributed by atoms with Crippen molar-refractivity contribution >= 4 is 5.91 Å². The lowest BCUT2D eigenvalue weighted by Gasteiger charge is -2.25. The zero-order valence-electron chi connectivity index (χ0n) is 11.8. The third-order valence-electron chi connectivity index (χ3n) is 3.78. The maximum atomic E-state index is 13.4. The molecule has 1 fully saturated rings. The molecule has 1 unspecified atom stereocenters. The van der Waals surface area contributed by atoms with Crippen LogP contribution in [0.3, 0.4) is 0 Å². The average Bonchev–Trinajstić information content (AvgIpc) is 2.93. The highest BCUT2D eigenvalue weighted by molar-refractivity contribution is 5.95. The van der Waals surface area contributed by atoms with E-state index in [1.165, 1.54) is 25.3 Å². The van der Waals surface area contributed by atoms with Gasteiger partial charge in [0.2, 0.25) is 0 Å². The molecule has 1 amide bonds. The normalized spacial score (nSPS) is 18.4. The lowest BCUT2D eigenvalue weighted by Crippen LogP contribution is -2.35. The summed E-state index contributed by atoms with van der Waals surface area (Å²) in [4.78, 5) is 14.4. The SMILES string of the molecule is COc1cc(C(=O)N2CCCC2CCCN)ccc1F. The third-order valence-corrected chi connectivity index (χ3v) is 3.78. The first kappa shape index (κ1) is 14.8. The van der Waals surface area contributed by atoms with E-state index in [0.29, 0.717) is 12.1 Å². The molecule has 1 aromatic carbocycles. The van der Waals surface area contributed by atoms with E-state index >= 15 is 0 Å². The van der Waals surface area contributed by atoms with Gasteiger partial charge in [-0.2, -0.15) is 0 Å². The molecule has 0 saturated carbocycles. The first-order valence-corrected chi connectivity index (χ1v) is 7.02. The van der Waals surface area contributed by atoms with Crippen molar-refractivity contribution in [2.75, 3.05) is 20.2 Å². The van der Waals surface area contributed by atoms with Gasteiger partial charge in [0.15, 0.2) is 11.6 Å². The number of ether oxygens (including phenoxy) is 1. The predicted octanol–water partition coefficient (Wildman–Crippen LogP) is 2.18. The molecule has 4 nitrogen and oxygen atoms in total. The van der Waals surface area contributed by atoms with E-state index < -0.39 is 5.82 Å². The second-order valence-electron chi connectivity index (χ2n) is 5.07. The number of hydrogen-bond acceptors (Lipinski definition) is 3. The number of halogens is 1. The Morgan fingerprint density at radius 2 is 2.35 bits per heavy atom. The van der Waals surface area contributed by atoms with Crippen molar-refractivity contribution in [1.82, 2.24) is 4.90 Å². The van der Waals surface area contributed by atoms with Gasteiger partial charge < -0.3 is 15.4 Å². The molecular formula is C15H21FN2O2. The van der Waals surface area contributed by atoms with Gasteiger partial charge in [-0.25, -0.2) is 4.39 Å². The number of amides is 1. The van der Waals surface area contributed by atoms with Crippen molar-refractivity contribution < 1.29 is 13.9 Å². The molecular weight excluding hydrogens is 259 g/mol. The highest BCUT2D eigenvalue weighted by Crippen LogP contribution is 2.25. The van der Waals surface area contributed by atoms with Crippen molar-refractivity contribution in [1.29, 1.82) is 0 Å². The average molecular weight is 280 g/mol. The molecule has 0 bridgehead atoms. The number of likely N-dealkylation sites (tertiary alicyclic amines) is 1. The Kier molecular flexibility index (Phi) is 4.95. The van der Waals surface area contributed by atoms with Crippen molar-refractivity contribution in [2.45, 2.75) is 31.7 Å². The van der Waals surface area contributed by atoms with Crippen LogP contribution in [0.15, 0.2) is 18.2 Å². The molecule has 2 N–H and O–H groups in total. The molecule has 0 aromatic heterocycles. The summed E-state index contributed by atoms with van der Waals surface area (Å²) >= 11 is 0. The maximum Gasteiger partial charge on any atom is 0.254 e. The van der Waals surface area contributed by atoms with Crippen molar-refractivity contribution in [2.24, 2.45) is 5.73 Å². The molecule has 1 saturated heterocycles. The Hall–Kier alpha value is -1.62. The third kappa shape index (κ3) is 3.10. The largest absolute Gasteiger partial charge is 0.494 e. The van der Waals surface area contributed by atoms with Crippen LogP contribution in [0.4, 0.5) is 4.39 Å². The number of carbonyl (C=O) groups excluding carboxylic acids is 1. The van der Waals surface area contributed by atoms with Crippen LogP contribution in [0.2, 0.25) is 0 Å². The summed E-state index contributed by atoms with van der Waals surface area (Å²) in [6.07, 6.45) is 3.88. The number of methoxy groups -OCH3 is 1. The second-order valence-corrected chi connectivity index (χ2v) is 5.07. The van der Waals surface area contributed by atoms with Crippen molar-refractivity contribution in [3.05, 3.63) is 29.6 Å². The van der Waals surface area contributed by atoms with Gasteiger partial charge in [-0.05, 0) is 50.4 Å². The molecule has 1 aromatic rings. The lowest BCUT2D eigenvalue weighted by atomic mass is 10.1. The van der Waals surface area contributed by atoms with Gasteiger partial charge >= 0.3 is 0 Å². The second kappa shape index (κ2) is 6.70. The summed E-state index contributed by atoms with van der Waals surface area (Å²) in [5.41, 5.74) is 6.01. The topological polar surface area (TPSA) is 55.6 Å². The smallest absolute Gasteiger partial charge is 0.254 e. The minimum Gasteiger partial charge on any atom is -0.494 e. The molecule has 1 aliphatic rings. The lowest BCUT2D eigenvalue weighted by molar-refractivity contribution is 0.0729. The van der Waals surface area contributed by atoms with Gasteiger partial charge in [-0.1, -0.05) is 0 Å². The fourth-order valence-corrected chi connectivity index (χ4v) is 2.72. The molecule has 110 valence electrons. The minimum absolute atomic E-state index is 0.0529. The Bertz CT molecular complexity index is 479. The molecule has 0 aliphatic carbocycles. The van der Waals surface area contributed by atoms with E-state index in [2.05, 4.69) is 0 Å². The minimum atomic E-state index is -0.454. The highest BCUT2D eigenvalue weighted by Gasteiger charge is 2.29. The van der Waals surface area contributed by atoms with Gasteiger partial charge in [-0.3, -0.25) is 4.79 Å². The summed E-state index contributed by atoms with van der Waals surface area (Å²) in [6, 6.07) is 4.51. The number of carbonyl (C=O) groups is 1. The van der Waals surface area contributed by atoms with Gasteiger partial charge in [0.25, 0.3) is 5.91 Å². The Morgan fingerprint density at radius 3 is 3.05 bits per heavy atom. The van der Waals surface area contributed by atoms with E-state index in [4.69, 9.17) is 10.5 Å². The molecule has 5 heteroatoms. The summed E-state index contributed by atoms with van der Waals surface area (Å²) in [5, 5.41) is 0. The molecule has 1 aliphatic heterocycles. The van der Waals surface area contributed by atoms with Gasteiger partial charge in [0.1, 0.15) is 0 Å². The Labute approximate surface area is 118 Å². The van der Waals surface area contributed by atoms with Crippen LogP contribution in [0, 0.1) is 5.82 Å².